The van der Waals surface area contributed by atoms with Crippen LogP contribution in [-0.2, 0) is 7.05 Å². The van der Waals surface area contributed by atoms with Gasteiger partial charge >= 0.3 is 5.97 Å². The quantitative estimate of drug-likeness (QED) is 0.492. The summed E-state index contributed by atoms with van der Waals surface area (Å²) >= 11 is 0. The van der Waals surface area contributed by atoms with Crippen molar-refractivity contribution in [1.82, 2.24) is 9.55 Å². The van der Waals surface area contributed by atoms with Crippen LogP contribution in [0.25, 0.3) is 22.2 Å². The number of para-hydroxylation sites is 1. The van der Waals surface area contributed by atoms with Crippen LogP contribution in [0.5, 0.6) is 0 Å². The van der Waals surface area contributed by atoms with Gasteiger partial charge in [-0.25, -0.2) is 4.79 Å². The Kier molecular flexibility index (Phi) is 5.29. The maximum Gasteiger partial charge on any atom is 0.337 e. The van der Waals surface area contributed by atoms with Crippen molar-refractivity contribution in [2.45, 2.75) is 19.9 Å². The van der Waals surface area contributed by atoms with Crippen molar-refractivity contribution in [3.05, 3.63) is 93.9 Å². The van der Waals surface area contributed by atoms with E-state index in [1.165, 1.54) is 0 Å². The van der Waals surface area contributed by atoms with Crippen molar-refractivity contribution in [3.8, 4) is 11.4 Å². The molecule has 0 bridgehead atoms. The van der Waals surface area contributed by atoms with Crippen LogP contribution in [0.3, 0.4) is 0 Å². The molecule has 0 radical (unpaired) electrons. The number of benzene rings is 2. The fourth-order valence-electron chi connectivity index (χ4n) is 3.91. The Morgan fingerprint density at radius 3 is 2.52 bits per heavy atom. The second kappa shape index (κ2) is 8.07. The van der Waals surface area contributed by atoms with Gasteiger partial charge in [0.25, 0.3) is 5.56 Å². The van der Waals surface area contributed by atoms with Crippen LogP contribution in [-0.4, -0.2) is 20.6 Å². The highest BCUT2D eigenvalue weighted by atomic mass is 16.4. The van der Waals surface area contributed by atoms with Gasteiger partial charge in [-0.15, -0.1) is 0 Å². The minimum absolute atomic E-state index is 0.0961. The summed E-state index contributed by atoms with van der Waals surface area (Å²) in [6.45, 7) is 3.91. The van der Waals surface area contributed by atoms with Gasteiger partial charge in [0.05, 0.1) is 17.0 Å². The van der Waals surface area contributed by atoms with Crippen molar-refractivity contribution in [3.63, 3.8) is 0 Å². The minimum Gasteiger partial charge on any atom is -0.478 e. The van der Waals surface area contributed by atoms with E-state index in [0.717, 1.165) is 22.2 Å². The molecule has 6 heteroatoms. The van der Waals surface area contributed by atoms with Gasteiger partial charge in [-0.3, -0.25) is 9.78 Å². The minimum atomic E-state index is -0.990. The molecule has 0 spiro atoms. The lowest BCUT2D eigenvalue weighted by molar-refractivity contribution is 0.0698. The molecule has 0 saturated heterocycles. The molecule has 31 heavy (non-hydrogen) atoms. The van der Waals surface area contributed by atoms with Crippen molar-refractivity contribution >= 4 is 22.4 Å². The van der Waals surface area contributed by atoms with E-state index in [-0.39, 0.29) is 17.2 Å². The molecule has 0 aliphatic rings. The summed E-state index contributed by atoms with van der Waals surface area (Å²) in [5.74, 6) is -0.990. The average Bonchev–Trinajstić information content (AvgIpc) is 2.77. The third kappa shape index (κ3) is 3.80. The van der Waals surface area contributed by atoms with Crippen LogP contribution in [0.2, 0.25) is 0 Å². The molecule has 0 aliphatic carbocycles. The summed E-state index contributed by atoms with van der Waals surface area (Å²) in [7, 11) is 1.75. The molecule has 2 heterocycles. The fraction of sp³-hybridized carbons (Fsp3) is 0.160. The highest BCUT2D eigenvalue weighted by molar-refractivity contribution is 5.94. The smallest absolute Gasteiger partial charge is 0.337 e. The monoisotopic (exact) mass is 413 g/mol. The molecule has 0 saturated carbocycles. The van der Waals surface area contributed by atoms with Gasteiger partial charge < -0.3 is 15.0 Å². The van der Waals surface area contributed by atoms with E-state index in [1.54, 1.807) is 42.1 Å². The zero-order valence-electron chi connectivity index (χ0n) is 17.6. The Morgan fingerprint density at radius 2 is 1.81 bits per heavy atom. The third-order valence-corrected chi connectivity index (χ3v) is 5.46. The van der Waals surface area contributed by atoms with E-state index in [0.29, 0.717) is 16.8 Å². The highest BCUT2D eigenvalue weighted by Gasteiger charge is 2.18. The molecule has 4 aromatic rings. The van der Waals surface area contributed by atoms with Crippen molar-refractivity contribution in [2.24, 2.45) is 7.05 Å². The highest BCUT2D eigenvalue weighted by Crippen LogP contribution is 2.30. The van der Waals surface area contributed by atoms with Crippen LogP contribution in [0.4, 0.5) is 5.69 Å². The predicted octanol–water partition coefficient (Wildman–Crippen LogP) is 4.78. The molecule has 2 aromatic heterocycles. The number of aryl methyl sites for hydroxylation is 1. The lowest BCUT2D eigenvalue weighted by Gasteiger charge is -2.21. The number of rotatable bonds is 5. The molecule has 4 rings (SSSR count). The molecule has 0 aliphatic heterocycles. The summed E-state index contributed by atoms with van der Waals surface area (Å²) in [5, 5.41) is 14.3. The van der Waals surface area contributed by atoms with Gasteiger partial charge in [0.15, 0.2) is 0 Å². The molecule has 1 unspecified atom stereocenters. The Hall–Kier alpha value is -3.93. The third-order valence-electron chi connectivity index (χ3n) is 5.46. The van der Waals surface area contributed by atoms with E-state index < -0.39 is 5.97 Å². The summed E-state index contributed by atoms with van der Waals surface area (Å²) in [6.07, 6.45) is 1.70. The number of aromatic nitrogens is 2. The van der Waals surface area contributed by atoms with Gasteiger partial charge in [-0.1, -0.05) is 24.3 Å². The van der Waals surface area contributed by atoms with E-state index >= 15 is 0 Å². The van der Waals surface area contributed by atoms with Gasteiger partial charge in [0.1, 0.15) is 0 Å². The first-order valence-corrected chi connectivity index (χ1v) is 10.0. The number of nitrogens with zero attached hydrogens (tertiary/aromatic N) is 2. The Morgan fingerprint density at radius 1 is 1.06 bits per heavy atom. The largest absolute Gasteiger partial charge is 0.478 e. The normalized spacial score (nSPS) is 12.0. The van der Waals surface area contributed by atoms with Gasteiger partial charge in [0.2, 0.25) is 0 Å². The topological polar surface area (TPSA) is 84.2 Å². The van der Waals surface area contributed by atoms with Crippen LogP contribution < -0.4 is 10.9 Å². The van der Waals surface area contributed by atoms with Crippen LogP contribution >= 0.6 is 0 Å². The maximum atomic E-state index is 13.2. The van der Waals surface area contributed by atoms with Crippen molar-refractivity contribution < 1.29 is 9.90 Å². The predicted molar refractivity (Wildman–Crippen MR) is 123 cm³/mol. The Bertz CT molecular complexity index is 1340. The first-order valence-electron chi connectivity index (χ1n) is 10.0. The molecule has 1 atom stereocenters. The Balaban J connectivity index is 1.89. The summed E-state index contributed by atoms with van der Waals surface area (Å²) in [4.78, 5) is 29.2. The van der Waals surface area contributed by atoms with E-state index in [9.17, 15) is 14.7 Å². The van der Waals surface area contributed by atoms with Crippen molar-refractivity contribution in [1.29, 1.82) is 0 Å². The summed E-state index contributed by atoms with van der Waals surface area (Å²) in [5.41, 5.74) is 3.97. The van der Waals surface area contributed by atoms with Crippen LogP contribution in [0, 0.1) is 6.92 Å². The lowest BCUT2D eigenvalue weighted by Crippen LogP contribution is -2.20. The molecule has 2 aromatic carbocycles. The van der Waals surface area contributed by atoms with E-state index in [4.69, 9.17) is 0 Å². The Labute approximate surface area is 179 Å². The van der Waals surface area contributed by atoms with Gasteiger partial charge in [0, 0.05) is 30.4 Å². The molecule has 0 fully saturated rings. The number of nitrogens with one attached hydrogen (secondary N) is 1. The summed E-state index contributed by atoms with van der Waals surface area (Å²) in [6, 6.07) is 18.1. The fourth-order valence-corrected chi connectivity index (χ4v) is 3.91. The van der Waals surface area contributed by atoms with Gasteiger partial charge in [-0.05, 0) is 66.8 Å². The number of hydrogen-bond donors (Lipinski definition) is 2. The molecular weight excluding hydrogens is 390 g/mol. The number of carbonyl (C=O) groups is 1. The zero-order valence-corrected chi connectivity index (χ0v) is 17.6. The molecule has 0 amide bonds. The molecule has 156 valence electrons. The second-order valence-corrected chi connectivity index (χ2v) is 7.64. The van der Waals surface area contributed by atoms with Gasteiger partial charge in [-0.2, -0.15) is 0 Å². The zero-order chi connectivity index (χ0) is 22.1. The number of carboxylic acid groups (broad SMARTS) is 1. The number of fused-ring (bicyclic) bond motifs is 1. The van der Waals surface area contributed by atoms with Crippen LogP contribution in [0.1, 0.15) is 34.5 Å². The van der Waals surface area contributed by atoms with E-state index in [1.807, 2.05) is 50.2 Å². The number of pyridine rings is 2. The first-order chi connectivity index (χ1) is 14.9. The van der Waals surface area contributed by atoms with E-state index in [2.05, 4.69) is 10.3 Å². The van der Waals surface area contributed by atoms with Crippen LogP contribution in [0.15, 0.2) is 71.7 Å². The van der Waals surface area contributed by atoms with Crippen molar-refractivity contribution in [2.75, 3.05) is 5.32 Å². The first kappa shape index (κ1) is 20.3. The molecule has 2 N–H and O–H groups in total. The summed E-state index contributed by atoms with van der Waals surface area (Å²) < 4.78 is 1.62. The number of aromatic carboxylic acids is 1. The lowest BCUT2D eigenvalue weighted by atomic mass is 9.96. The second-order valence-electron chi connectivity index (χ2n) is 7.64. The molecular formula is C25H23N3O3. The number of anilines is 1. The standard InChI is InChI=1S/C25H23N3O3/c1-15-12-18(16(2)27-21-9-5-4-8-17(21)25(30)31)19-14-23(22-10-6-7-11-26-22)28(3)24(29)20(19)13-15/h4-14,16,27H,1-3H3,(H,30,31). The number of carboxylic acids is 1. The average molecular weight is 413 g/mol. The number of hydrogen-bond acceptors (Lipinski definition) is 4. The SMILES string of the molecule is Cc1cc(C(C)Nc2ccccc2C(=O)O)c2cc(-c3ccccn3)n(C)c(=O)c2c1. The maximum absolute atomic E-state index is 13.2. The molecule has 6 nitrogen and oxygen atoms in total.